The molecule has 0 unspecified atom stereocenters. The molecule has 0 bridgehead atoms. The second kappa shape index (κ2) is 6.54. The highest BCUT2D eigenvalue weighted by molar-refractivity contribution is 7.89. The Morgan fingerprint density at radius 3 is 2.00 bits per heavy atom. The summed E-state index contributed by atoms with van der Waals surface area (Å²) < 4.78 is 24.3. The predicted molar refractivity (Wildman–Crippen MR) is 84.6 cm³/mol. The van der Waals surface area contributed by atoms with E-state index in [9.17, 15) is 8.42 Å². The maximum absolute atomic E-state index is 12.2. The van der Waals surface area contributed by atoms with E-state index in [1.165, 1.54) is 12.1 Å². The highest BCUT2D eigenvalue weighted by Gasteiger charge is 2.14. The van der Waals surface area contributed by atoms with Crippen molar-refractivity contribution < 1.29 is 8.42 Å². The van der Waals surface area contributed by atoms with Gasteiger partial charge in [0.2, 0.25) is 0 Å². The van der Waals surface area contributed by atoms with Crippen LogP contribution in [0.1, 0.15) is 19.4 Å². The van der Waals surface area contributed by atoms with Crippen LogP contribution in [0, 0.1) is 5.92 Å². The molecule has 0 spiro atoms. The first-order chi connectivity index (χ1) is 10.0. The van der Waals surface area contributed by atoms with Crippen molar-refractivity contribution in [1.82, 2.24) is 4.83 Å². The Morgan fingerprint density at radius 1 is 0.952 bits per heavy atom. The third kappa shape index (κ3) is 3.92. The summed E-state index contributed by atoms with van der Waals surface area (Å²) in [4.78, 5) is 2.51. The molecular weight excluding hydrogens is 284 g/mol. The largest absolute Gasteiger partial charge is 0.276 e. The molecule has 0 saturated carbocycles. The van der Waals surface area contributed by atoms with Crippen molar-refractivity contribution in [3.8, 4) is 0 Å². The zero-order valence-corrected chi connectivity index (χ0v) is 12.8. The van der Waals surface area contributed by atoms with Gasteiger partial charge in [0.05, 0.1) is 10.6 Å². The minimum Gasteiger partial charge on any atom is -0.200 e. The molecule has 0 aliphatic carbocycles. The zero-order valence-electron chi connectivity index (χ0n) is 12.0. The number of hydrogen-bond donors (Lipinski definition) is 1. The van der Waals surface area contributed by atoms with Crippen LogP contribution in [0.4, 0.5) is 0 Å². The van der Waals surface area contributed by atoms with Crippen molar-refractivity contribution in [3.05, 3.63) is 66.2 Å². The molecule has 0 aliphatic heterocycles. The van der Waals surface area contributed by atoms with E-state index in [-0.39, 0.29) is 10.8 Å². The molecule has 1 N–H and O–H groups in total. The van der Waals surface area contributed by atoms with E-state index in [4.69, 9.17) is 0 Å². The number of sulfonamides is 1. The van der Waals surface area contributed by atoms with Crippen LogP contribution in [0.15, 0.2) is 70.7 Å². The van der Waals surface area contributed by atoms with E-state index in [1.54, 1.807) is 18.2 Å². The average molecular weight is 302 g/mol. The maximum atomic E-state index is 12.2. The van der Waals surface area contributed by atoms with Crippen molar-refractivity contribution in [2.45, 2.75) is 18.7 Å². The zero-order chi connectivity index (χ0) is 15.3. The standard InChI is InChI=1S/C16H18N2O2S/c1-13(2)16(14-9-5-3-6-10-14)17-18-21(19,20)15-11-7-4-8-12-15/h3-13,18H,1-2H3. The minimum absolute atomic E-state index is 0.103. The Bertz CT molecular complexity index is 708. The summed E-state index contributed by atoms with van der Waals surface area (Å²) >= 11 is 0. The topological polar surface area (TPSA) is 58.5 Å². The predicted octanol–water partition coefficient (Wildman–Crippen LogP) is 3.03. The van der Waals surface area contributed by atoms with Crippen molar-refractivity contribution >= 4 is 15.7 Å². The Balaban J connectivity index is 2.29. The van der Waals surface area contributed by atoms with Gasteiger partial charge in [0.15, 0.2) is 0 Å². The van der Waals surface area contributed by atoms with Gasteiger partial charge in [-0.15, -0.1) is 0 Å². The summed E-state index contributed by atoms with van der Waals surface area (Å²) in [6.07, 6.45) is 0. The lowest BCUT2D eigenvalue weighted by Gasteiger charge is -2.11. The van der Waals surface area contributed by atoms with Crippen molar-refractivity contribution in [1.29, 1.82) is 0 Å². The van der Waals surface area contributed by atoms with Gasteiger partial charge in [0.25, 0.3) is 10.0 Å². The van der Waals surface area contributed by atoms with Crippen LogP contribution < -0.4 is 4.83 Å². The summed E-state index contributed by atoms with van der Waals surface area (Å²) in [6.45, 7) is 3.95. The van der Waals surface area contributed by atoms with Gasteiger partial charge >= 0.3 is 0 Å². The Labute approximate surface area is 125 Å². The van der Waals surface area contributed by atoms with E-state index in [2.05, 4.69) is 9.93 Å². The van der Waals surface area contributed by atoms with Gasteiger partial charge in [-0.1, -0.05) is 62.4 Å². The SMILES string of the molecule is CC(C)C(=NNS(=O)(=O)c1ccccc1)c1ccccc1. The molecule has 4 nitrogen and oxygen atoms in total. The number of hydrogen-bond acceptors (Lipinski definition) is 3. The van der Waals surface area contributed by atoms with Crippen LogP contribution in [-0.4, -0.2) is 14.1 Å². The summed E-state index contributed by atoms with van der Waals surface area (Å²) in [5.74, 6) is 0.103. The molecule has 2 rings (SSSR count). The molecule has 5 heteroatoms. The van der Waals surface area contributed by atoms with Gasteiger partial charge < -0.3 is 0 Å². The minimum atomic E-state index is -3.63. The van der Waals surface area contributed by atoms with Crippen LogP contribution in [-0.2, 0) is 10.0 Å². The lowest BCUT2D eigenvalue weighted by Crippen LogP contribution is -2.22. The first-order valence-corrected chi connectivity index (χ1v) is 8.19. The molecule has 0 aliphatic rings. The summed E-state index contributed by atoms with van der Waals surface area (Å²) in [5, 5.41) is 4.12. The average Bonchev–Trinajstić information content (AvgIpc) is 2.49. The molecule has 110 valence electrons. The number of nitrogens with zero attached hydrogens (tertiary/aromatic N) is 1. The fraction of sp³-hybridized carbons (Fsp3) is 0.188. The van der Waals surface area contributed by atoms with Crippen LogP contribution in [0.25, 0.3) is 0 Å². The molecule has 2 aromatic carbocycles. The highest BCUT2D eigenvalue weighted by Crippen LogP contribution is 2.11. The van der Waals surface area contributed by atoms with Gasteiger partial charge in [-0.3, -0.25) is 0 Å². The van der Waals surface area contributed by atoms with Crippen LogP contribution >= 0.6 is 0 Å². The molecule has 0 saturated heterocycles. The molecule has 0 heterocycles. The smallest absolute Gasteiger partial charge is 0.200 e. The van der Waals surface area contributed by atoms with Crippen LogP contribution in [0.3, 0.4) is 0 Å². The number of nitrogens with one attached hydrogen (secondary N) is 1. The summed E-state index contributed by atoms with van der Waals surface area (Å²) in [5.41, 5.74) is 1.61. The number of benzene rings is 2. The molecule has 0 aromatic heterocycles. The molecule has 2 aromatic rings. The van der Waals surface area contributed by atoms with E-state index in [0.717, 1.165) is 5.56 Å². The van der Waals surface area contributed by atoms with Crippen LogP contribution in [0.5, 0.6) is 0 Å². The fourth-order valence-corrected chi connectivity index (χ4v) is 2.74. The second-order valence-electron chi connectivity index (χ2n) is 4.93. The van der Waals surface area contributed by atoms with Crippen molar-refractivity contribution in [2.24, 2.45) is 11.0 Å². The van der Waals surface area contributed by atoms with Crippen LogP contribution in [0.2, 0.25) is 0 Å². The van der Waals surface area contributed by atoms with Crippen molar-refractivity contribution in [2.75, 3.05) is 0 Å². The third-order valence-electron chi connectivity index (χ3n) is 2.96. The molecule has 21 heavy (non-hydrogen) atoms. The van der Waals surface area contributed by atoms with Gasteiger partial charge in [0.1, 0.15) is 0 Å². The Kier molecular flexibility index (Phi) is 4.75. The lowest BCUT2D eigenvalue weighted by molar-refractivity contribution is 0.584. The molecule has 0 radical (unpaired) electrons. The summed E-state index contributed by atoms with van der Waals surface area (Å²) in [7, 11) is -3.63. The quantitative estimate of drug-likeness (QED) is 0.682. The summed E-state index contributed by atoms with van der Waals surface area (Å²) in [6, 6.07) is 17.7. The second-order valence-corrected chi connectivity index (χ2v) is 6.59. The highest BCUT2D eigenvalue weighted by atomic mass is 32.2. The van der Waals surface area contributed by atoms with Gasteiger partial charge in [-0.05, 0) is 23.6 Å². The third-order valence-corrected chi connectivity index (χ3v) is 4.18. The van der Waals surface area contributed by atoms with Gasteiger partial charge in [-0.25, -0.2) is 0 Å². The fourth-order valence-electron chi connectivity index (χ4n) is 1.90. The maximum Gasteiger partial charge on any atom is 0.276 e. The first kappa shape index (κ1) is 15.3. The van der Waals surface area contributed by atoms with Gasteiger partial charge in [-0.2, -0.15) is 18.4 Å². The number of rotatable bonds is 5. The molecule has 0 amide bonds. The first-order valence-electron chi connectivity index (χ1n) is 6.70. The molecule has 0 atom stereocenters. The van der Waals surface area contributed by atoms with Gasteiger partial charge in [0, 0.05) is 0 Å². The van der Waals surface area contributed by atoms with Crippen molar-refractivity contribution in [3.63, 3.8) is 0 Å². The Hall–Kier alpha value is -2.14. The van der Waals surface area contributed by atoms with E-state index in [1.807, 2.05) is 44.2 Å². The normalized spacial score (nSPS) is 12.4. The lowest BCUT2D eigenvalue weighted by atomic mass is 10.0. The van der Waals surface area contributed by atoms with E-state index < -0.39 is 10.0 Å². The molecular formula is C16H18N2O2S. The monoisotopic (exact) mass is 302 g/mol. The Morgan fingerprint density at radius 2 is 1.48 bits per heavy atom. The van der Waals surface area contributed by atoms with E-state index >= 15 is 0 Å². The van der Waals surface area contributed by atoms with E-state index in [0.29, 0.717) is 5.71 Å². The molecule has 0 fully saturated rings. The number of hydrazone groups is 1.